The van der Waals surface area contributed by atoms with Crippen LogP contribution in [0.2, 0.25) is 0 Å². The summed E-state index contributed by atoms with van der Waals surface area (Å²) in [6, 6.07) is 7.15. The highest BCUT2D eigenvalue weighted by molar-refractivity contribution is 5.75. The molecular weight excluding hydrogens is 218 g/mol. The molecule has 0 spiro atoms. The average Bonchev–Trinajstić information content (AvgIpc) is 2.39. The number of nitrogens with one attached hydrogen (secondary N) is 1. The van der Waals surface area contributed by atoms with Crippen LogP contribution in [0.15, 0.2) is 24.3 Å². The predicted octanol–water partition coefficient (Wildman–Crippen LogP) is 1.40. The Kier molecular flexibility index (Phi) is 3.64. The van der Waals surface area contributed by atoms with Crippen molar-refractivity contribution in [1.29, 1.82) is 0 Å². The van der Waals surface area contributed by atoms with Crippen molar-refractivity contribution in [2.24, 2.45) is 0 Å². The molecule has 1 saturated heterocycles. The molecule has 2 N–H and O–H groups in total. The molecule has 4 nitrogen and oxygen atoms in total. The van der Waals surface area contributed by atoms with Crippen molar-refractivity contribution in [3.05, 3.63) is 29.8 Å². The van der Waals surface area contributed by atoms with E-state index in [0.29, 0.717) is 12.3 Å². The molecular formula is C13H17NO3. The second-order valence-electron chi connectivity index (χ2n) is 4.32. The third-order valence-electron chi connectivity index (χ3n) is 3.28. The largest absolute Gasteiger partial charge is 0.508 e. The van der Waals surface area contributed by atoms with Gasteiger partial charge in [-0.15, -0.1) is 0 Å². The van der Waals surface area contributed by atoms with Crippen molar-refractivity contribution < 1.29 is 14.6 Å². The Hall–Kier alpha value is -1.55. The number of aromatic hydroxyl groups is 1. The maximum atomic E-state index is 11.3. The average molecular weight is 235 g/mol. The lowest BCUT2D eigenvalue weighted by molar-refractivity contribution is -0.143. The highest BCUT2D eigenvalue weighted by Crippen LogP contribution is 2.31. The molecule has 0 aliphatic carbocycles. The molecule has 0 aromatic heterocycles. The minimum absolute atomic E-state index is 0.206. The van der Waals surface area contributed by atoms with Crippen LogP contribution in [0.4, 0.5) is 0 Å². The van der Waals surface area contributed by atoms with Crippen LogP contribution in [-0.4, -0.2) is 30.8 Å². The summed E-state index contributed by atoms with van der Waals surface area (Å²) in [7, 11) is 1.40. The fourth-order valence-electron chi connectivity index (χ4n) is 2.30. The minimum atomic E-state index is -0.208. The van der Waals surface area contributed by atoms with E-state index in [1.807, 2.05) is 18.2 Å². The van der Waals surface area contributed by atoms with Crippen LogP contribution < -0.4 is 5.32 Å². The molecule has 0 unspecified atom stereocenters. The van der Waals surface area contributed by atoms with Crippen LogP contribution in [-0.2, 0) is 9.53 Å². The molecule has 1 aliphatic rings. The van der Waals surface area contributed by atoms with Crippen molar-refractivity contribution in [2.75, 3.05) is 13.7 Å². The maximum Gasteiger partial charge on any atom is 0.322 e. The summed E-state index contributed by atoms with van der Waals surface area (Å²) in [5.41, 5.74) is 0.948. The summed E-state index contributed by atoms with van der Waals surface area (Å²) in [5, 5.41) is 12.9. The smallest absolute Gasteiger partial charge is 0.322 e. The molecule has 4 heteroatoms. The number of ether oxygens (including phenoxy) is 1. The maximum absolute atomic E-state index is 11.3. The van der Waals surface area contributed by atoms with Crippen molar-refractivity contribution in [1.82, 2.24) is 5.32 Å². The molecule has 2 atom stereocenters. The zero-order valence-electron chi connectivity index (χ0n) is 9.85. The van der Waals surface area contributed by atoms with Gasteiger partial charge in [-0.3, -0.25) is 4.79 Å². The summed E-state index contributed by atoms with van der Waals surface area (Å²) in [5.74, 6) is 0.383. The lowest BCUT2D eigenvalue weighted by atomic mass is 9.88. The number of methoxy groups -OCH3 is 1. The normalized spacial score (nSPS) is 24.3. The number of carbonyl (C=O) groups excluding carboxylic acids is 1. The monoisotopic (exact) mass is 235 g/mol. The van der Waals surface area contributed by atoms with E-state index in [0.717, 1.165) is 18.4 Å². The van der Waals surface area contributed by atoms with Gasteiger partial charge in [0.1, 0.15) is 11.8 Å². The van der Waals surface area contributed by atoms with Crippen molar-refractivity contribution in [3.8, 4) is 5.75 Å². The summed E-state index contributed by atoms with van der Waals surface area (Å²) in [6.45, 7) is 0.692. The van der Waals surface area contributed by atoms with Gasteiger partial charge in [0.05, 0.1) is 7.11 Å². The number of hydrogen-bond donors (Lipinski definition) is 2. The van der Waals surface area contributed by atoms with Crippen LogP contribution in [0, 0.1) is 0 Å². The number of benzene rings is 1. The Labute approximate surface area is 101 Å². The number of phenols is 1. The van der Waals surface area contributed by atoms with Crippen molar-refractivity contribution in [2.45, 2.75) is 24.8 Å². The Morgan fingerprint density at radius 3 is 2.76 bits per heavy atom. The number of esters is 1. The Morgan fingerprint density at radius 2 is 2.18 bits per heavy atom. The molecule has 2 rings (SSSR count). The third-order valence-corrected chi connectivity index (χ3v) is 3.28. The van der Waals surface area contributed by atoms with Gasteiger partial charge in [0.15, 0.2) is 0 Å². The van der Waals surface area contributed by atoms with Gasteiger partial charge in [0.25, 0.3) is 0 Å². The van der Waals surface area contributed by atoms with Crippen LogP contribution in [0.1, 0.15) is 24.3 Å². The molecule has 1 aromatic carbocycles. The number of phenolic OH excluding ortho intramolecular Hbond substituents is 1. The fourth-order valence-corrected chi connectivity index (χ4v) is 2.30. The van der Waals surface area contributed by atoms with Crippen LogP contribution in [0.25, 0.3) is 0 Å². The van der Waals surface area contributed by atoms with Crippen molar-refractivity contribution >= 4 is 5.97 Å². The van der Waals surface area contributed by atoms with Crippen molar-refractivity contribution in [3.63, 3.8) is 0 Å². The number of hydrogen-bond acceptors (Lipinski definition) is 4. The third kappa shape index (κ3) is 2.58. The quantitative estimate of drug-likeness (QED) is 0.761. The van der Waals surface area contributed by atoms with E-state index in [4.69, 9.17) is 4.74 Å². The van der Waals surface area contributed by atoms with Gasteiger partial charge in [0.2, 0.25) is 0 Å². The lowest BCUT2D eigenvalue weighted by Gasteiger charge is -2.28. The van der Waals surface area contributed by atoms with E-state index in [2.05, 4.69) is 5.32 Å². The van der Waals surface area contributed by atoms with E-state index in [9.17, 15) is 9.90 Å². The van der Waals surface area contributed by atoms with Gasteiger partial charge >= 0.3 is 5.97 Å². The van der Waals surface area contributed by atoms with E-state index in [1.54, 1.807) is 6.07 Å². The van der Waals surface area contributed by atoms with Gasteiger partial charge in [-0.05, 0) is 24.5 Å². The zero-order valence-corrected chi connectivity index (χ0v) is 9.85. The zero-order chi connectivity index (χ0) is 12.3. The second kappa shape index (κ2) is 5.19. The minimum Gasteiger partial charge on any atom is -0.508 e. The van der Waals surface area contributed by atoms with Gasteiger partial charge in [-0.2, -0.15) is 0 Å². The predicted molar refractivity (Wildman–Crippen MR) is 63.9 cm³/mol. The molecule has 1 aliphatic heterocycles. The van der Waals surface area contributed by atoms with Crippen LogP contribution in [0.5, 0.6) is 5.75 Å². The Bertz CT molecular complexity index is 397. The standard InChI is InChI=1S/C13H17NO3/c1-17-13(16)11-7-6-9(8-14-11)10-4-2-3-5-12(10)15/h2-5,9,11,14-15H,6-8H2,1H3/t9-,11+/m0/s1. The lowest BCUT2D eigenvalue weighted by Crippen LogP contribution is -2.43. The van der Waals surface area contributed by atoms with Gasteiger partial charge in [0, 0.05) is 12.5 Å². The van der Waals surface area contributed by atoms with Gasteiger partial charge in [-0.1, -0.05) is 18.2 Å². The second-order valence-corrected chi connectivity index (χ2v) is 4.32. The molecule has 0 saturated carbocycles. The molecule has 1 aromatic rings. The topological polar surface area (TPSA) is 58.6 Å². The summed E-state index contributed by atoms with van der Waals surface area (Å²) in [4.78, 5) is 11.3. The fraction of sp³-hybridized carbons (Fsp3) is 0.462. The molecule has 0 amide bonds. The molecule has 1 fully saturated rings. The summed E-state index contributed by atoms with van der Waals surface area (Å²) >= 11 is 0. The van der Waals surface area contributed by atoms with Gasteiger partial charge in [-0.25, -0.2) is 0 Å². The first kappa shape index (κ1) is 11.9. The van der Waals surface area contributed by atoms with E-state index >= 15 is 0 Å². The first-order valence-electron chi connectivity index (χ1n) is 5.81. The van der Waals surface area contributed by atoms with Crippen LogP contribution in [0.3, 0.4) is 0 Å². The Balaban J connectivity index is 2.00. The highest BCUT2D eigenvalue weighted by Gasteiger charge is 2.27. The number of carbonyl (C=O) groups is 1. The van der Waals surface area contributed by atoms with Crippen LogP contribution >= 0.6 is 0 Å². The van der Waals surface area contributed by atoms with E-state index in [1.165, 1.54) is 7.11 Å². The summed E-state index contributed by atoms with van der Waals surface area (Å²) < 4.78 is 4.70. The number of piperidine rings is 1. The molecule has 1 heterocycles. The summed E-state index contributed by atoms with van der Waals surface area (Å²) in [6.07, 6.45) is 1.62. The van der Waals surface area contributed by atoms with E-state index < -0.39 is 0 Å². The number of rotatable bonds is 2. The molecule has 0 bridgehead atoms. The van der Waals surface area contributed by atoms with Gasteiger partial charge < -0.3 is 15.2 Å². The highest BCUT2D eigenvalue weighted by atomic mass is 16.5. The first-order chi connectivity index (χ1) is 8.22. The SMILES string of the molecule is COC(=O)[C@H]1CC[C@H](c2ccccc2O)CN1. The molecule has 0 radical (unpaired) electrons. The first-order valence-corrected chi connectivity index (χ1v) is 5.81. The number of para-hydroxylation sites is 1. The van der Waals surface area contributed by atoms with E-state index in [-0.39, 0.29) is 17.9 Å². The Morgan fingerprint density at radius 1 is 1.41 bits per heavy atom. The molecule has 17 heavy (non-hydrogen) atoms. The molecule has 92 valence electrons.